The van der Waals surface area contributed by atoms with Crippen LogP contribution in [0.3, 0.4) is 0 Å². The van der Waals surface area contributed by atoms with Crippen LogP contribution in [0.15, 0.2) is 12.3 Å². The summed E-state index contributed by atoms with van der Waals surface area (Å²) in [4.78, 5) is 13.8. The number of hydrogen-bond acceptors (Lipinski definition) is 5. The molecule has 2 atom stereocenters. The molecule has 1 heterocycles. The molecule has 90 valence electrons. The summed E-state index contributed by atoms with van der Waals surface area (Å²) in [6.07, 6.45) is -2.29. The molecular formula is C10H9FN2O4. The smallest absolute Gasteiger partial charge is 0.340 e. The first-order chi connectivity index (χ1) is 7.97. The van der Waals surface area contributed by atoms with Gasteiger partial charge in [-0.25, -0.2) is 9.78 Å². The van der Waals surface area contributed by atoms with Crippen molar-refractivity contribution in [2.24, 2.45) is 0 Å². The minimum Gasteiger partial charge on any atom is -0.478 e. The summed E-state index contributed by atoms with van der Waals surface area (Å²) in [5.74, 6) is -2.71. The van der Waals surface area contributed by atoms with E-state index in [4.69, 9.17) is 10.4 Å². The van der Waals surface area contributed by atoms with E-state index in [1.54, 1.807) is 6.07 Å². The average Bonchev–Trinajstić information content (AvgIpc) is 2.28. The lowest BCUT2D eigenvalue weighted by Gasteiger charge is -2.15. The summed E-state index contributed by atoms with van der Waals surface area (Å²) in [6.45, 7) is 0. The molecule has 1 aromatic heterocycles. The van der Waals surface area contributed by atoms with Crippen molar-refractivity contribution < 1.29 is 24.5 Å². The van der Waals surface area contributed by atoms with Crippen LogP contribution in [0.4, 0.5) is 4.39 Å². The van der Waals surface area contributed by atoms with Crippen LogP contribution in [0, 0.1) is 17.3 Å². The van der Waals surface area contributed by atoms with Crippen molar-refractivity contribution in [2.45, 2.75) is 18.6 Å². The third-order valence-electron chi connectivity index (χ3n) is 2.10. The standard InChI is InChI=1S/C10H9FN2O4/c11-9-6(10(16)17)3-5(4-13-9)8(15)7(14)1-2-12/h3-4,7-8,14-15H,1H2,(H,16,17). The summed E-state index contributed by atoms with van der Waals surface area (Å²) >= 11 is 0. The number of carboxylic acids is 1. The van der Waals surface area contributed by atoms with Crippen LogP contribution in [0.5, 0.6) is 0 Å². The van der Waals surface area contributed by atoms with E-state index >= 15 is 0 Å². The molecule has 6 nitrogen and oxygen atoms in total. The molecule has 17 heavy (non-hydrogen) atoms. The van der Waals surface area contributed by atoms with Gasteiger partial charge in [0.05, 0.1) is 18.6 Å². The number of carboxylic acid groups (broad SMARTS) is 1. The number of carbonyl (C=O) groups is 1. The van der Waals surface area contributed by atoms with Gasteiger partial charge in [-0.3, -0.25) is 0 Å². The zero-order valence-electron chi connectivity index (χ0n) is 8.54. The van der Waals surface area contributed by atoms with Crippen molar-refractivity contribution in [3.63, 3.8) is 0 Å². The molecule has 0 aromatic carbocycles. The number of aromatic carboxylic acids is 1. The van der Waals surface area contributed by atoms with E-state index < -0.39 is 29.7 Å². The van der Waals surface area contributed by atoms with Gasteiger partial charge in [-0.1, -0.05) is 0 Å². The van der Waals surface area contributed by atoms with Gasteiger partial charge in [0.15, 0.2) is 0 Å². The molecule has 3 N–H and O–H groups in total. The molecule has 0 saturated heterocycles. The Morgan fingerprint density at radius 3 is 2.76 bits per heavy atom. The number of hydrogen-bond donors (Lipinski definition) is 3. The van der Waals surface area contributed by atoms with Crippen molar-refractivity contribution in [3.8, 4) is 6.07 Å². The van der Waals surface area contributed by atoms with Gasteiger partial charge in [-0.05, 0) is 6.07 Å². The van der Waals surface area contributed by atoms with Gasteiger partial charge in [0.2, 0.25) is 5.95 Å². The first-order valence-electron chi connectivity index (χ1n) is 4.59. The van der Waals surface area contributed by atoms with Crippen LogP contribution in [-0.4, -0.2) is 32.4 Å². The predicted octanol–water partition coefficient (Wildman–Crippen LogP) is 0.227. The quantitative estimate of drug-likeness (QED) is 0.649. The fourth-order valence-electron chi connectivity index (χ4n) is 1.20. The fraction of sp³-hybridized carbons (Fsp3) is 0.300. The molecule has 1 aromatic rings. The fourth-order valence-corrected chi connectivity index (χ4v) is 1.20. The first kappa shape index (κ1) is 13.0. The summed E-state index contributed by atoms with van der Waals surface area (Å²) in [7, 11) is 0. The Kier molecular flexibility index (Phi) is 4.09. The Hall–Kier alpha value is -2.04. The molecule has 1 rings (SSSR count). The van der Waals surface area contributed by atoms with Gasteiger partial charge in [-0.2, -0.15) is 9.65 Å². The van der Waals surface area contributed by atoms with E-state index in [2.05, 4.69) is 4.98 Å². The van der Waals surface area contributed by atoms with Gasteiger partial charge >= 0.3 is 5.97 Å². The van der Waals surface area contributed by atoms with Gasteiger partial charge in [-0.15, -0.1) is 0 Å². The van der Waals surface area contributed by atoms with Crippen LogP contribution in [0.25, 0.3) is 0 Å². The minimum absolute atomic E-state index is 0.0634. The topological polar surface area (TPSA) is 114 Å². The van der Waals surface area contributed by atoms with Crippen LogP contribution in [0.1, 0.15) is 28.4 Å². The molecule has 0 amide bonds. The molecule has 0 aliphatic carbocycles. The predicted molar refractivity (Wildman–Crippen MR) is 52.4 cm³/mol. The molecule has 2 unspecified atom stereocenters. The Labute approximate surface area is 95.6 Å². The maximum Gasteiger partial charge on any atom is 0.340 e. The Morgan fingerprint density at radius 2 is 2.24 bits per heavy atom. The summed E-state index contributed by atoms with van der Waals surface area (Å²) in [5.41, 5.74) is -0.766. The summed E-state index contributed by atoms with van der Waals surface area (Å²) < 4.78 is 12.9. The highest BCUT2D eigenvalue weighted by Crippen LogP contribution is 2.20. The normalized spacial score (nSPS) is 13.8. The SMILES string of the molecule is N#CCC(O)C(O)c1cnc(F)c(C(=O)O)c1. The number of halogens is 1. The van der Waals surface area contributed by atoms with E-state index in [0.717, 1.165) is 12.3 Å². The summed E-state index contributed by atoms with van der Waals surface area (Å²) in [6, 6.07) is 2.52. The van der Waals surface area contributed by atoms with Gasteiger partial charge < -0.3 is 15.3 Å². The highest BCUT2D eigenvalue weighted by atomic mass is 19.1. The third kappa shape index (κ3) is 2.96. The molecule has 0 spiro atoms. The molecule has 7 heteroatoms. The zero-order valence-corrected chi connectivity index (χ0v) is 8.54. The minimum atomic E-state index is -1.53. The van der Waals surface area contributed by atoms with E-state index in [9.17, 15) is 19.4 Å². The van der Waals surface area contributed by atoms with Gasteiger partial charge in [0.25, 0.3) is 0 Å². The maximum atomic E-state index is 12.9. The monoisotopic (exact) mass is 240 g/mol. The number of nitriles is 1. The zero-order chi connectivity index (χ0) is 13.0. The molecule has 0 saturated carbocycles. The van der Waals surface area contributed by atoms with Crippen LogP contribution in [0.2, 0.25) is 0 Å². The second kappa shape index (κ2) is 5.34. The van der Waals surface area contributed by atoms with Crippen molar-refractivity contribution in [3.05, 3.63) is 29.3 Å². The molecule has 0 bridgehead atoms. The molecule has 0 fully saturated rings. The van der Waals surface area contributed by atoms with Gasteiger partial charge in [0.1, 0.15) is 11.7 Å². The number of rotatable bonds is 4. The summed E-state index contributed by atoms with van der Waals surface area (Å²) in [5, 5.41) is 35.9. The number of nitrogens with zero attached hydrogens (tertiary/aromatic N) is 2. The highest BCUT2D eigenvalue weighted by molar-refractivity contribution is 5.87. The average molecular weight is 240 g/mol. The van der Waals surface area contributed by atoms with E-state index in [0.29, 0.717) is 0 Å². The molecule has 0 radical (unpaired) electrons. The molecular weight excluding hydrogens is 231 g/mol. The van der Waals surface area contributed by atoms with Crippen molar-refractivity contribution in [2.75, 3.05) is 0 Å². The number of pyridine rings is 1. The lowest BCUT2D eigenvalue weighted by atomic mass is 10.0. The number of aliphatic hydroxyl groups is 2. The Morgan fingerprint density at radius 1 is 1.59 bits per heavy atom. The first-order valence-corrected chi connectivity index (χ1v) is 4.59. The van der Waals surface area contributed by atoms with E-state index in [-0.39, 0.29) is 12.0 Å². The van der Waals surface area contributed by atoms with Crippen molar-refractivity contribution in [1.29, 1.82) is 5.26 Å². The third-order valence-corrected chi connectivity index (χ3v) is 2.10. The van der Waals surface area contributed by atoms with Crippen LogP contribution in [-0.2, 0) is 0 Å². The lowest BCUT2D eigenvalue weighted by molar-refractivity contribution is 0.0212. The lowest BCUT2D eigenvalue weighted by Crippen LogP contribution is -2.18. The Bertz CT molecular complexity index is 472. The van der Waals surface area contributed by atoms with E-state index in [1.165, 1.54) is 0 Å². The van der Waals surface area contributed by atoms with E-state index in [1.807, 2.05) is 0 Å². The second-order valence-corrected chi connectivity index (χ2v) is 3.29. The highest BCUT2D eigenvalue weighted by Gasteiger charge is 2.21. The van der Waals surface area contributed by atoms with Crippen LogP contribution < -0.4 is 0 Å². The van der Waals surface area contributed by atoms with Crippen molar-refractivity contribution >= 4 is 5.97 Å². The number of aromatic nitrogens is 1. The van der Waals surface area contributed by atoms with Crippen molar-refractivity contribution in [1.82, 2.24) is 4.98 Å². The molecule has 0 aliphatic heterocycles. The second-order valence-electron chi connectivity index (χ2n) is 3.29. The van der Waals surface area contributed by atoms with Gasteiger partial charge in [0, 0.05) is 11.8 Å². The number of aliphatic hydroxyl groups excluding tert-OH is 2. The van der Waals surface area contributed by atoms with Crippen LogP contribution >= 0.6 is 0 Å². The largest absolute Gasteiger partial charge is 0.478 e. The molecule has 0 aliphatic rings. The Balaban J connectivity index is 3.04. The maximum absolute atomic E-state index is 12.9.